The van der Waals surface area contributed by atoms with Gasteiger partial charge in [-0.05, 0) is 119 Å². The lowest BCUT2D eigenvalue weighted by Crippen LogP contribution is -2.26. The molecular formula is C73H50OS. The molecule has 0 fully saturated rings. The smallest absolute Gasteiger partial charge is 0.143 e. The summed E-state index contributed by atoms with van der Waals surface area (Å²) in [7, 11) is 0. The molecule has 0 radical (unpaired) electrons. The van der Waals surface area contributed by atoms with Crippen molar-refractivity contribution in [1.29, 1.82) is 0 Å². The Kier molecular flexibility index (Phi) is 9.00. The molecule has 2 heterocycles. The van der Waals surface area contributed by atoms with Crippen molar-refractivity contribution >= 4 is 53.4 Å². The van der Waals surface area contributed by atoms with E-state index in [9.17, 15) is 0 Å². The van der Waals surface area contributed by atoms with Crippen molar-refractivity contribution in [2.45, 2.75) is 43.4 Å². The zero-order valence-corrected chi connectivity index (χ0v) is 42.8. The third-order valence-electron chi connectivity index (χ3n) is 17.8. The second-order valence-corrected chi connectivity index (χ2v) is 22.9. The molecule has 1 nitrogen and oxygen atoms in total. The third-order valence-corrected chi connectivity index (χ3v) is 19.0. The van der Waals surface area contributed by atoms with Gasteiger partial charge in [-0.3, -0.25) is 0 Å². The van der Waals surface area contributed by atoms with Gasteiger partial charge in [0.05, 0.1) is 5.41 Å². The van der Waals surface area contributed by atoms with Crippen LogP contribution in [0.1, 0.15) is 82.7 Å². The van der Waals surface area contributed by atoms with E-state index in [1.807, 2.05) is 11.3 Å². The Hall–Kier alpha value is -8.56. The topological polar surface area (TPSA) is 13.1 Å². The van der Waals surface area contributed by atoms with Crippen LogP contribution in [0.4, 0.5) is 0 Å². The Morgan fingerprint density at radius 3 is 1.69 bits per heavy atom. The van der Waals surface area contributed by atoms with E-state index in [4.69, 9.17) is 4.42 Å². The summed E-state index contributed by atoms with van der Waals surface area (Å²) >= 11 is 1.90. The van der Waals surface area contributed by atoms with Crippen molar-refractivity contribution in [3.05, 3.63) is 287 Å². The highest BCUT2D eigenvalue weighted by Crippen LogP contribution is 2.65. The molecule has 2 heteroatoms. The molecule has 0 saturated carbocycles. The number of benzene rings is 11. The van der Waals surface area contributed by atoms with E-state index < -0.39 is 5.41 Å². The molecule has 3 aliphatic carbocycles. The Morgan fingerprint density at radius 2 is 0.907 bits per heavy atom. The molecule has 1 spiro atoms. The summed E-state index contributed by atoms with van der Waals surface area (Å²) in [5, 5.41) is 4.91. The SMILES string of the molecule is CC(c1ccccc1)C(c1ccc(-c2cccc3c2oc2c4c(ccc23)-c2ccccc2C42c3ccccc3-c3ccc(-c4cccc5c4sc4ccccc45)cc32)cc1)c1ccc2c(c1)C(C)(C)c1ccccc1-2. The molecule has 16 rings (SSSR count). The van der Waals surface area contributed by atoms with Gasteiger partial charge in [0, 0.05) is 53.4 Å². The van der Waals surface area contributed by atoms with Gasteiger partial charge in [0.2, 0.25) is 0 Å². The van der Waals surface area contributed by atoms with Crippen molar-refractivity contribution in [3.8, 4) is 55.6 Å². The summed E-state index contributed by atoms with van der Waals surface area (Å²) in [6.07, 6.45) is 0. The Bertz CT molecular complexity index is 4510. The minimum Gasteiger partial charge on any atom is -0.455 e. The summed E-state index contributed by atoms with van der Waals surface area (Å²) in [4.78, 5) is 0. The Labute approximate surface area is 441 Å². The molecule has 75 heavy (non-hydrogen) atoms. The van der Waals surface area contributed by atoms with E-state index in [1.165, 1.54) is 115 Å². The van der Waals surface area contributed by atoms with E-state index in [0.717, 1.165) is 33.1 Å². The fraction of sp³-hybridized carbons (Fsp3) is 0.0959. The van der Waals surface area contributed by atoms with Gasteiger partial charge in [0.15, 0.2) is 0 Å². The number of furan rings is 1. The molecule has 3 aliphatic rings. The van der Waals surface area contributed by atoms with Crippen LogP contribution in [0.25, 0.3) is 97.7 Å². The molecule has 2 aromatic heterocycles. The van der Waals surface area contributed by atoms with Crippen LogP contribution < -0.4 is 0 Å². The molecule has 0 amide bonds. The zero-order chi connectivity index (χ0) is 49.7. The lowest BCUT2D eigenvalue weighted by molar-refractivity contribution is 0.641. The first-order chi connectivity index (χ1) is 36.9. The van der Waals surface area contributed by atoms with E-state index in [2.05, 4.69) is 257 Å². The summed E-state index contributed by atoms with van der Waals surface area (Å²) < 4.78 is 10.2. The molecule has 13 aromatic rings. The lowest BCUT2D eigenvalue weighted by atomic mass is 9.70. The summed E-state index contributed by atoms with van der Waals surface area (Å²) in [5.74, 6) is 0.384. The predicted molar refractivity (Wildman–Crippen MR) is 314 cm³/mol. The number of hydrogen-bond acceptors (Lipinski definition) is 2. The maximum Gasteiger partial charge on any atom is 0.143 e. The molecule has 0 N–H and O–H groups in total. The van der Waals surface area contributed by atoms with Crippen molar-refractivity contribution in [2.24, 2.45) is 0 Å². The largest absolute Gasteiger partial charge is 0.455 e. The first kappa shape index (κ1) is 42.9. The lowest BCUT2D eigenvalue weighted by Gasteiger charge is -2.30. The fourth-order valence-corrected chi connectivity index (χ4v) is 15.6. The van der Waals surface area contributed by atoms with Gasteiger partial charge < -0.3 is 4.42 Å². The van der Waals surface area contributed by atoms with Crippen molar-refractivity contribution in [1.82, 2.24) is 0 Å². The molecule has 0 aliphatic heterocycles. The van der Waals surface area contributed by atoms with Crippen molar-refractivity contribution in [2.75, 3.05) is 0 Å². The third kappa shape index (κ3) is 5.84. The van der Waals surface area contributed by atoms with Gasteiger partial charge in [-0.1, -0.05) is 239 Å². The van der Waals surface area contributed by atoms with Crippen LogP contribution >= 0.6 is 11.3 Å². The molecule has 3 atom stereocenters. The Morgan fingerprint density at radius 1 is 0.360 bits per heavy atom. The highest BCUT2D eigenvalue weighted by molar-refractivity contribution is 7.26. The predicted octanol–water partition coefficient (Wildman–Crippen LogP) is 19.9. The number of hydrogen-bond donors (Lipinski definition) is 0. The maximum absolute atomic E-state index is 7.57. The van der Waals surface area contributed by atoms with Crippen LogP contribution in [0.2, 0.25) is 0 Å². The summed E-state index contributed by atoms with van der Waals surface area (Å²) in [6.45, 7) is 7.16. The van der Waals surface area contributed by atoms with Crippen LogP contribution in [-0.2, 0) is 10.8 Å². The second-order valence-electron chi connectivity index (χ2n) is 21.8. The van der Waals surface area contributed by atoms with Crippen molar-refractivity contribution in [3.63, 3.8) is 0 Å². The van der Waals surface area contributed by atoms with Crippen LogP contribution in [0.3, 0.4) is 0 Å². The highest BCUT2D eigenvalue weighted by atomic mass is 32.1. The van der Waals surface area contributed by atoms with Gasteiger partial charge in [0.1, 0.15) is 11.2 Å². The standard InChI is InChI=1S/C73H50OS/c1-43(44-17-5-4-6-18-44)67(48-36-38-54-51-19-7-11-27-61(51)72(2,3)64(54)42-48)46-33-31-45(32-34-46)49-23-15-25-58-59-40-39-57-53-21-9-13-29-63(53)73(68(57)70(59)74-69(49)58)62-28-12-8-20-52(62)55-37-35-47(41-65(55)73)50-24-16-26-60-56-22-10-14-30-66(56)75-71(50)60/h4-43,67H,1-3H3. The van der Waals surface area contributed by atoms with E-state index >= 15 is 0 Å². The first-order valence-corrected chi connectivity index (χ1v) is 27.3. The quantitative estimate of drug-likeness (QED) is 0.162. The van der Waals surface area contributed by atoms with Crippen molar-refractivity contribution < 1.29 is 4.42 Å². The van der Waals surface area contributed by atoms with E-state index in [-0.39, 0.29) is 17.3 Å². The Balaban J connectivity index is 0.863. The second kappa shape index (κ2) is 15.7. The molecule has 11 aromatic carbocycles. The maximum atomic E-state index is 7.57. The highest BCUT2D eigenvalue weighted by Gasteiger charge is 2.53. The number of para-hydroxylation sites is 1. The van der Waals surface area contributed by atoms with E-state index in [1.54, 1.807) is 0 Å². The molecule has 3 unspecified atom stereocenters. The summed E-state index contributed by atoms with van der Waals surface area (Å²) in [5.41, 5.74) is 25.7. The monoisotopic (exact) mass is 974 g/mol. The average molecular weight is 975 g/mol. The molecule has 354 valence electrons. The fourth-order valence-electron chi connectivity index (χ4n) is 14.4. The number of rotatable bonds is 6. The van der Waals surface area contributed by atoms with Crippen LogP contribution in [0, 0.1) is 0 Å². The minimum absolute atomic E-state index is 0.0805. The number of fused-ring (bicyclic) bond motifs is 20. The van der Waals surface area contributed by atoms with Crippen LogP contribution in [0.5, 0.6) is 0 Å². The van der Waals surface area contributed by atoms with Crippen LogP contribution in [0.15, 0.2) is 241 Å². The van der Waals surface area contributed by atoms with Crippen LogP contribution in [-0.4, -0.2) is 0 Å². The summed E-state index contributed by atoms with van der Waals surface area (Å²) in [6, 6.07) is 89.2. The number of thiophene rings is 1. The van der Waals surface area contributed by atoms with Gasteiger partial charge in [-0.15, -0.1) is 11.3 Å². The van der Waals surface area contributed by atoms with Gasteiger partial charge in [-0.2, -0.15) is 0 Å². The van der Waals surface area contributed by atoms with Gasteiger partial charge in [-0.25, -0.2) is 0 Å². The zero-order valence-electron chi connectivity index (χ0n) is 42.0. The van der Waals surface area contributed by atoms with Gasteiger partial charge >= 0.3 is 0 Å². The normalized spacial score (nSPS) is 16.3. The van der Waals surface area contributed by atoms with Gasteiger partial charge in [0.25, 0.3) is 0 Å². The minimum atomic E-state index is -0.600. The molecule has 0 bridgehead atoms. The molecular weight excluding hydrogens is 925 g/mol. The van der Waals surface area contributed by atoms with E-state index in [0.29, 0.717) is 0 Å². The first-order valence-electron chi connectivity index (χ1n) is 26.5. The average Bonchev–Trinajstić information content (AvgIpc) is 4.44. The molecule has 0 saturated heterocycles.